The number of nitrogens with zero attached hydrogens (tertiary/aromatic N) is 1. The Hall–Kier alpha value is -1.72. The van der Waals surface area contributed by atoms with Crippen molar-refractivity contribution in [2.45, 2.75) is 26.7 Å². The maximum absolute atomic E-state index is 11.8. The van der Waals surface area contributed by atoms with Crippen LogP contribution >= 0.6 is 23.2 Å². The largest absolute Gasteiger partial charge is 0.434 e. The third-order valence-electron chi connectivity index (χ3n) is 3.03. The molecule has 0 saturated heterocycles. The Morgan fingerprint density at radius 1 is 1.29 bits per heavy atom. The van der Waals surface area contributed by atoms with Gasteiger partial charge in [0.2, 0.25) is 5.88 Å². The zero-order valence-corrected chi connectivity index (χ0v) is 13.3. The lowest BCUT2D eigenvalue weighted by molar-refractivity contribution is 0.448. The van der Waals surface area contributed by atoms with E-state index in [1.54, 1.807) is 6.92 Å². The third kappa shape index (κ3) is 3.14. The number of hydrogen-bond donors (Lipinski definition) is 2. The first-order valence-corrected chi connectivity index (χ1v) is 7.08. The predicted molar refractivity (Wildman–Crippen MR) is 84.6 cm³/mol. The summed E-state index contributed by atoms with van der Waals surface area (Å²) in [6, 6.07) is 3.07. The Kier molecular flexibility index (Phi) is 4.44. The van der Waals surface area contributed by atoms with Crippen LogP contribution in [0.2, 0.25) is 10.0 Å². The number of H-pyrrole nitrogens is 1. The molecule has 0 fully saturated rings. The van der Waals surface area contributed by atoms with E-state index in [0.717, 1.165) is 0 Å². The summed E-state index contributed by atoms with van der Waals surface area (Å²) in [6.45, 7) is 5.61. The van der Waals surface area contributed by atoms with Gasteiger partial charge in [-0.1, -0.05) is 37.0 Å². The van der Waals surface area contributed by atoms with E-state index < -0.39 is 0 Å². The fourth-order valence-corrected chi connectivity index (χ4v) is 2.68. The molecule has 2 aromatic rings. The number of nitrogens with two attached hydrogens (primary N) is 1. The number of aromatic amines is 1. The van der Waals surface area contributed by atoms with Gasteiger partial charge < -0.3 is 10.5 Å². The van der Waals surface area contributed by atoms with Gasteiger partial charge in [-0.25, -0.2) is 5.10 Å². The van der Waals surface area contributed by atoms with Gasteiger partial charge >= 0.3 is 0 Å². The first kappa shape index (κ1) is 15.7. The van der Waals surface area contributed by atoms with E-state index in [-0.39, 0.29) is 33.2 Å². The van der Waals surface area contributed by atoms with E-state index >= 15 is 0 Å². The summed E-state index contributed by atoms with van der Waals surface area (Å²) in [5, 5.41) is 6.89. The second kappa shape index (κ2) is 5.95. The molecule has 0 saturated carbocycles. The minimum atomic E-state index is -0.232. The minimum Gasteiger partial charge on any atom is -0.434 e. The van der Waals surface area contributed by atoms with Crippen molar-refractivity contribution >= 4 is 28.9 Å². The van der Waals surface area contributed by atoms with Crippen molar-refractivity contribution in [3.8, 4) is 11.6 Å². The standard InChI is InChI=1S/C14H15Cl2N3O2/c1-6(2)11-7(3)14(19-18-13(11)20)21-12-9(15)4-8(17)5-10(12)16/h4-6H,17H2,1-3H3,(H,18,20). The SMILES string of the molecule is Cc1c(Oc2c(Cl)cc(N)cc2Cl)n[nH]c(=O)c1C(C)C. The summed E-state index contributed by atoms with van der Waals surface area (Å²) in [5.41, 5.74) is 7.12. The first-order chi connectivity index (χ1) is 9.81. The normalized spacial score (nSPS) is 11.0. The number of rotatable bonds is 3. The Labute approximate surface area is 132 Å². The van der Waals surface area contributed by atoms with Gasteiger partial charge in [-0.2, -0.15) is 0 Å². The van der Waals surface area contributed by atoms with E-state index in [0.29, 0.717) is 16.8 Å². The van der Waals surface area contributed by atoms with Crippen molar-refractivity contribution < 1.29 is 4.74 Å². The fraction of sp³-hybridized carbons (Fsp3) is 0.286. The number of aromatic nitrogens is 2. The summed E-state index contributed by atoms with van der Waals surface area (Å²) in [6.07, 6.45) is 0. The molecule has 0 bridgehead atoms. The van der Waals surface area contributed by atoms with Crippen LogP contribution in [0, 0.1) is 6.92 Å². The maximum atomic E-state index is 11.8. The molecule has 0 spiro atoms. The molecule has 112 valence electrons. The molecule has 1 aromatic carbocycles. The van der Waals surface area contributed by atoms with Crippen LogP contribution in [0.15, 0.2) is 16.9 Å². The van der Waals surface area contributed by atoms with Crippen molar-refractivity contribution in [1.82, 2.24) is 10.2 Å². The predicted octanol–water partition coefficient (Wildman–Crippen LogP) is 3.88. The van der Waals surface area contributed by atoms with Crippen LogP contribution in [-0.2, 0) is 0 Å². The Morgan fingerprint density at radius 2 is 1.86 bits per heavy atom. The molecule has 5 nitrogen and oxygen atoms in total. The molecule has 0 atom stereocenters. The minimum absolute atomic E-state index is 0.0384. The molecule has 2 rings (SSSR count). The highest BCUT2D eigenvalue weighted by molar-refractivity contribution is 6.37. The average molecular weight is 328 g/mol. The molecule has 0 radical (unpaired) electrons. The second-order valence-corrected chi connectivity index (χ2v) is 5.78. The van der Waals surface area contributed by atoms with Crippen LogP contribution in [0.4, 0.5) is 5.69 Å². The van der Waals surface area contributed by atoms with E-state index in [1.165, 1.54) is 12.1 Å². The van der Waals surface area contributed by atoms with E-state index in [1.807, 2.05) is 13.8 Å². The number of nitrogen functional groups attached to an aromatic ring is 1. The molecule has 21 heavy (non-hydrogen) atoms. The topological polar surface area (TPSA) is 81.0 Å². The number of nitrogens with one attached hydrogen (secondary N) is 1. The van der Waals surface area contributed by atoms with E-state index in [9.17, 15) is 4.79 Å². The van der Waals surface area contributed by atoms with Crippen LogP contribution < -0.4 is 16.0 Å². The monoisotopic (exact) mass is 327 g/mol. The summed E-state index contributed by atoms with van der Waals surface area (Å²) in [5.74, 6) is 0.549. The quantitative estimate of drug-likeness (QED) is 0.838. The summed E-state index contributed by atoms with van der Waals surface area (Å²) >= 11 is 12.2. The van der Waals surface area contributed by atoms with Crippen LogP contribution in [0.25, 0.3) is 0 Å². The van der Waals surface area contributed by atoms with Crippen LogP contribution in [0.1, 0.15) is 30.9 Å². The molecule has 0 aliphatic heterocycles. The molecule has 0 amide bonds. The summed E-state index contributed by atoms with van der Waals surface area (Å²) in [7, 11) is 0. The Bertz CT molecular complexity index is 718. The molecule has 0 unspecified atom stereocenters. The van der Waals surface area contributed by atoms with E-state index in [4.69, 9.17) is 33.7 Å². The zero-order chi connectivity index (χ0) is 15.7. The summed E-state index contributed by atoms with van der Waals surface area (Å²) < 4.78 is 5.67. The van der Waals surface area contributed by atoms with E-state index in [2.05, 4.69) is 10.2 Å². The van der Waals surface area contributed by atoms with Gasteiger partial charge in [0.25, 0.3) is 5.56 Å². The molecule has 7 heteroatoms. The highest BCUT2D eigenvalue weighted by atomic mass is 35.5. The van der Waals surface area contributed by atoms with Crippen LogP contribution in [0.5, 0.6) is 11.6 Å². The third-order valence-corrected chi connectivity index (χ3v) is 3.59. The fourth-order valence-electron chi connectivity index (χ4n) is 2.10. The lowest BCUT2D eigenvalue weighted by atomic mass is 10.0. The van der Waals surface area contributed by atoms with Crippen molar-refractivity contribution in [3.63, 3.8) is 0 Å². The van der Waals surface area contributed by atoms with Gasteiger partial charge in [0.1, 0.15) is 0 Å². The van der Waals surface area contributed by atoms with Crippen molar-refractivity contribution in [3.05, 3.63) is 43.7 Å². The number of ether oxygens (including phenoxy) is 1. The van der Waals surface area contributed by atoms with Crippen LogP contribution in [0.3, 0.4) is 0 Å². The Balaban J connectivity index is 2.51. The van der Waals surface area contributed by atoms with Gasteiger partial charge in [-0.15, -0.1) is 5.10 Å². The molecule has 1 heterocycles. The molecular formula is C14H15Cl2N3O2. The molecule has 0 aliphatic rings. The summed E-state index contributed by atoms with van der Waals surface area (Å²) in [4.78, 5) is 11.8. The van der Waals surface area contributed by atoms with Gasteiger partial charge in [-0.05, 0) is 25.0 Å². The smallest absolute Gasteiger partial charge is 0.268 e. The molecular weight excluding hydrogens is 313 g/mol. The molecule has 3 N–H and O–H groups in total. The van der Waals surface area contributed by atoms with Gasteiger partial charge in [0.15, 0.2) is 5.75 Å². The van der Waals surface area contributed by atoms with Gasteiger partial charge in [0.05, 0.1) is 10.0 Å². The lowest BCUT2D eigenvalue weighted by Crippen LogP contribution is -2.18. The maximum Gasteiger partial charge on any atom is 0.268 e. The first-order valence-electron chi connectivity index (χ1n) is 6.32. The van der Waals surface area contributed by atoms with Gasteiger partial charge in [-0.3, -0.25) is 4.79 Å². The second-order valence-electron chi connectivity index (χ2n) is 4.97. The number of halogens is 2. The number of benzene rings is 1. The molecule has 0 aliphatic carbocycles. The highest BCUT2D eigenvalue weighted by Crippen LogP contribution is 2.38. The average Bonchev–Trinajstić information content (AvgIpc) is 2.35. The number of hydrogen-bond acceptors (Lipinski definition) is 4. The number of anilines is 1. The van der Waals surface area contributed by atoms with Crippen LogP contribution in [-0.4, -0.2) is 10.2 Å². The zero-order valence-electron chi connectivity index (χ0n) is 11.8. The molecule has 1 aromatic heterocycles. The highest BCUT2D eigenvalue weighted by Gasteiger charge is 2.17. The van der Waals surface area contributed by atoms with Crippen molar-refractivity contribution in [2.75, 3.05) is 5.73 Å². The Morgan fingerprint density at radius 3 is 2.38 bits per heavy atom. The van der Waals surface area contributed by atoms with Crippen molar-refractivity contribution in [1.29, 1.82) is 0 Å². The van der Waals surface area contributed by atoms with Gasteiger partial charge in [0, 0.05) is 16.8 Å². The van der Waals surface area contributed by atoms with Crippen molar-refractivity contribution in [2.24, 2.45) is 0 Å². The lowest BCUT2D eigenvalue weighted by Gasteiger charge is -2.14.